The lowest BCUT2D eigenvalue weighted by Crippen LogP contribution is -2.38. The Bertz CT molecular complexity index is 1050. The molecule has 0 radical (unpaired) electrons. The van der Waals surface area contributed by atoms with Crippen LogP contribution in [-0.4, -0.2) is 35.1 Å². The molecule has 1 aromatic heterocycles. The number of rotatable bonds is 6. The zero-order valence-electron chi connectivity index (χ0n) is 15.4. The molecule has 3 aromatic rings. The van der Waals surface area contributed by atoms with Gasteiger partial charge in [0.05, 0.1) is 33.7 Å². The SMILES string of the molecule is O=C(Cc1ccc([N+](=O)[O-])cc1)N(CC1CCCO1)c1nc2c(Cl)cccc2s1. The van der Waals surface area contributed by atoms with Crippen molar-refractivity contribution in [3.63, 3.8) is 0 Å². The molecule has 1 aliphatic rings. The number of carbonyl (C=O) groups is 1. The minimum absolute atomic E-state index is 0.00164. The Labute approximate surface area is 176 Å². The van der Waals surface area contributed by atoms with Crippen LogP contribution in [-0.2, 0) is 16.0 Å². The molecule has 4 rings (SSSR count). The second-order valence-electron chi connectivity index (χ2n) is 6.82. The number of ether oxygens (including phenoxy) is 1. The molecular weight excluding hydrogens is 414 g/mol. The number of hydrogen-bond acceptors (Lipinski definition) is 6. The van der Waals surface area contributed by atoms with Gasteiger partial charge in [-0.1, -0.05) is 41.1 Å². The van der Waals surface area contributed by atoms with Gasteiger partial charge in [0.15, 0.2) is 5.13 Å². The third-order valence-electron chi connectivity index (χ3n) is 4.80. The van der Waals surface area contributed by atoms with Gasteiger partial charge in [-0.15, -0.1) is 0 Å². The summed E-state index contributed by atoms with van der Waals surface area (Å²) in [6, 6.07) is 11.6. The zero-order chi connectivity index (χ0) is 20.4. The Morgan fingerprint density at radius 3 is 2.76 bits per heavy atom. The van der Waals surface area contributed by atoms with Crippen molar-refractivity contribution in [1.82, 2.24) is 4.98 Å². The number of fused-ring (bicyclic) bond motifs is 1. The molecule has 29 heavy (non-hydrogen) atoms. The van der Waals surface area contributed by atoms with Gasteiger partial charge in [0.1, 0.15) is 5.52 Å². The molecule has 1 aliphatic heterocycles. The topological polar surface area (TPSA) is 85.6 Å². The fraction of sp³-hybridized carbons (Fsp3) is 0.300. The van der Waals surface area contributed by atoms with E-state index < -0.39 is 4.92 Å². The fourth-order valence-corrected chi connectivity index (χ4v) is 4.59. The summed E-state index contributed by atoms with van der Waals surface area (Å²) in [5, 5.41) is 12.0. The number of nitro groups is 1. The molecule has 2 aromatic carbocycles. The normalized spacial score (nSPS) is 16.2. The fourth-order valence-electron chi connectivity index (χ4n) is 3.30. The maximum absolute atomic E-state index is 13.2. The van der Waals surface area contributed by atoms with Crippen molar-refractivity contribution in [3.8, 4) is 0 Å². The first-order chi connectivity index (χ1) is 14.0. The summed E-state index contributed by atoms with van der Waals surface area (Å²) >= 11 is 7.67. The van der Waals surface area contributed by atoms with Crippen LogP contribution >= 0.6 is 22.9 Å². The van der Waals surface area contributed by atoms with Crippen molar-refractivity contribution in [1.29, 1.82) is 0 Å². The van der Waals surface area contributed by atoms with E-state index in [1.165, 1.54) is 23.5 Å². The summed E-state index contributed by atoms with van der Waals surface area (Å²) in [4.78, 5) is 29.8. The lowest BCUT2D eigenvalue weighted by atomic mass is 10.1. The highest BCUT2D eigenvalue weighted by Gasteiger charge is 2.26. The standard InChI is InChI=1S/C20H18ClN3O4S/c21-16-4-1-5-17-19(16)22-20(29-17)23(12-15-3-2-10-28-15)18(25)11-13-6-8-14(9-7-13)24(26)27/h1,4-9,15H,2-3,10-12H2. The molecule has 1 saturated heterocycles. The number of halogens is 1. The van der Waals surface area contributed by atoms with Gasteiger partial charge in [-0.05, 0) is 30.5 Å². The number of aromatic nitrogens is 1. The van der Waals surface area contributed by atoms with Crippen molar-refractivity contribution in [2.24, 2.45) is 0 Å². The molecule has 0 bridgehead atoms. The van der Waals surface area contributed by atoms with Gasteiger partial charge in [-0.3, -0.25) is 19.8 Å². The molecular formula is C20H18ClN3O4S. The number of para-hydroxylation sites is 1. The zero-order valence-corrected chi connectivity index (χ0v) is 17.0. The molecule has 0 spiro atoms. The summed E-state index contributed by atoms with van der Waals surface area (Å²) < 4.78 is 6.64. The summed E-state index contributed by atoms with van der Waals surface area (Å²) in [5.74, 6) is -0.135. The second-order valence-corrected chi connectivity index (χ2v) is 8.24. The summed E-state index contributed by atoms with van der Waals surface area (Å²) in [6.07, 6.45) is 1.96. The van der Waals surface area contributed by atoms with Crippen molar-refractivity contribution < 1.29 is 14.5 Å². The van der Waals surface area contributed by atoms with E-state index in [9.17, 15) is 14.9 Å². The first kappa shape index (κ1) is 19.8. The number of carbonyl (C=O) groups excluding carboxylic acids is 1. The molecule has 1 atom stereocenters. The predicted octanol–water partition coefficient (Wildman–Crippen LogP) is 4.61. The first-order valence-corrected chi connectivity index (χ1v) is 10.4. The van der Waals surface area contributed by atoms with E-state index in [-0.39, 0.29) is 24.1 Å². The number of non-ortho nitro benzene ring substituents is 1. The number of amides is 1. The highest BCUT2D eigenvalue weighted by molar-refractivity contribution is 7.22. The van der Waals surface area contributed by atoms with Crippen molar-refractivity contribution in [2.45, 2.75) is 25.4 Å². The molecule has 7 nitrogen and oxygen atoms in total. The average molecular weight is 432 g/mol. The van der Waals surface area contributed by atoms with E-state index in [4.69, 9.17) is 16.3 Å². The maximum atomic E-state index is 13.2. The number of hydrogen-bond donors (Lipinski definition) is 0. The maximum Gasteiger partial charge on any atom is 0.269 e. The molecule has 1 unspecified atom stereocenters. The molecule has 1 fully saturated rings. The van der Waals surface area contributed by atoms with Crippen LogP contribution in [0.3, 0.4) is 0 Å². The number of anilines is 1. The van der Waals surface area contributed by atoms with E-state index in [1.54, 1.807) is 23.1 Å². The van der Waals surface area contributed by atoms with E-state index >= 15 is 0 Å². The summed E-state index contributed by atoms with van der Waals surface area (Å²) in [6.45, 7) is 1.12. The molecule has 1 amide bonds. The molecule has 0 N–H and O–H groups in total. The smallest absolute Gasteiger partial charge is 0.269 e. The highest BCUT2D eigenvalue weighted by Crippen LogP contribution is 2.33. The quantitative estimate of drug-likeness (QED) is 0.420. The Balaban J connectivity index is 1.60. The Morgan fingerprint density at radius 1 is 1.31 bits per heavy atom. The Hall–Kier alpha value is -2.55. The molecule has 0 saturated carbocycles. The van der Waals surface area contributed by atoms with E-state index in [0.29, 0.717) is 34.4 Å². The monoisotopic (exact) mass is 431 g/mol. The summed E-state index contributed by atoms with van der Waals surface area (Å²) in [5.41, 5.74) is 1.38. The highest BCUT2D eigenvalue weighted by atomic mass is 35.5. The van der Waals surface area contributed by atoms with Crippen molar-refractivity contribution in [3.05, 3.63) is 63.2 Å². The minimum atomic E-state index is -0.458. The van der Waals surface area contributed by atoms with Crippen LogP contribution in [0.25, 0.3) is 10.2 Å². The van der Waals surface area contributed by atoms with Gasteiger partial charge < -0.3 is 4.74 Å². The van der Waals surface area contributed by atoms with Gasteiger partial charge in [0.2, 0.25) is 5.91 Å². The van der Waals surface area contributed by atoms with Crippen LogP contribution in [0.5, 0.6) is 0 Å². The van der Waals surface area contributed by atoms with Gasteiger partial charge in [-0.25, -0.2) is 4.98 Å². The third kappa shape index (κ3) is 4.39. The first-order valence-electron chi connectivity index (χ1n) is 9.21. The Morgan fingerprint density at radius 2 is 2.10 bits per heavy atom. The number of benzene rings is 2. The van der Waals surface area contributed by atoms with E-state index in [2.05, 4.69) is 4.98 Å². The van der Waals surface area contributed by atoms with Gasteiger partial charge >= 0.3 is 0 Å². The number of nitro benzene ring substituents is 1. The largest absolute Gasteiger partial charge is 0.376 e. The van der Waals surface area contributed by atoms with Crippen molar-refractivity contribution >= 4 is 49.9 Å². The van der Waals surface area contributed by atoms with E-state index in [1.807, 2.05) is 12.1 Å². The second kappa shape index (κ2) is 8.44. The average Bonchev–Trinajstić information content (AvgIpc) is 3.36. The van der Waals surface area contributed by atoms with E-state index in [0.717, 1.165) is 17.5 Å². The summed E-state index contributed by atoms with van der Waals surface area (Å²) in [7, 11) is 0. The number of nitrogens with zero attached hydrogens (tertiary/aromatic N) is 3. The lowest BCUT2D eigenvalue weighted by Gasteiger charge is -2.23. The van der Waals surface area contributed by atoms with Crippen LogP contribution in [0.1, 0.15) is 18.4 Å². The lowest BCUT2D eigenvalue weighted by molar-refractivity contribution is -0.384. The van der Waals surface area contributed by atoms with Gasteiger partial charge in [0.25, 0.3) is 5.69 Å². The molecule has 150 valence electrons. The minimum Gasteiger partial charge on any atom is -0.376 e. The van der Waals surface area contributed by atoms with Crippen LogP contribution in [0.4, 0.5) is 10.8 Å². The van der Waals surface area contributed by atoms with Crippen LogP contribution in [0, 0.1) is 10.1 Å². The Kier molecular flexibility index (Phi) is 5.75. The van der Waals surface area contributed by atoms with Crippen LogP contribution in [0.15, 0.2) is 42.5 Å². The van der Waals surface area contributed by atoms with Gasteiger partial charge in [-0.2, -0.15) is 0 Å². The predicted molar refractivity (Wildman–Crippen MR) is 113 cm³/mol. The molecule has 0 aliphatic carbocycles. The number of thiazole rings is 1. The van der Waals surface area contributed by atoms with Crippen LogP contribution in [0.2, 0.25) is 5.02 Å². The van der Waals surface area contributed by atoms with Crippen molar-refractivity contribution in [2.75, 3.05) is 18.1 Å². The van der Waals surface area contributed by atoms with Crippen LogP contribution < -0.4 is 4.90 Å². The molecule has 9 heteroatoms. The third-order valence-corrected chi connectivity index (χ3v) is 6.15. The van der Waals surface area contributed by atoms with Gasteiger partial charge in [0, 0.05) is 18.7 Å². The molecule has 2 heterocycles.